The van der Waals surface area contributed by atoms with E-state index in [4.69, 9.17) is 0 Å². The minimum absolute atomic E-state index is 0.0919. The van der Waals surface area contributed by atoms with E-state index in [1.54, 1.807) is 7.05 Å². The smallest absolute Gasteiger partial charge is 0.242 e. The fourth-order valence-electron chi connectivity index (χ4n) is 1.78. The molecule has 8 heteroatoms. The lowest BCUT2D eigenvalue weighted by atomic mass is 10.3. The lowest BCUT2D eigenvalue weighted by Gasteiger charge is -2.14. The molecule has 1 rings (SSSR count). The summed E-state index contributed by atoms with van der Waals surface area (Å²) in [5.41, 5.74) is 0. The first kappa shape index (κ1) is 16.5. The highest BCUT2D eigenvalue weighted by atomic mass is 32.2. The van der Waals surface area contributed by atoms with E-state index < -0.39 is 5.25 Å². The molecule has 0 bridgehead atoms. The van der Waals surface area contributed by atoms with Gasteiger partial charge < -0.3 is 10.6 Å². The minimum Gasteiger partial charge on any atom is -0.359 e. The zero-order valence-electron chi connectivity index (χ0n) is 11.6. The van der Waals surface area contributed by atoms with Crippen LogP contribution >= 0.6 is 11.8 Å². The Kier molecular flexibility index (Phi) is 6.50. The average Bonchev–Trinajstić information content (AvgIpc) is 2.70. The van der Waals surface area contributed by atoms with Gasteiger partial charge in [-0.05, 0) is 0 Å². The minimum atomic E-state index is -0.433. The Morgan fingerprint density at radius 2 is 1.80 bits per heavy atom. The van der Waals surface area contributed by atoms with Crippen LogP contribution in [0.25, 0.3) is 0 Å². The second-order valence-corrected chi connectivity index (χ2v) is 5.60. The number of carbonyl (C=O) groups is 4. The van der Waals surface area contributed by atoms with Crippen LogP contribution < -0.4 is 10.6 Å². The summed E-state index contributed by atoms with van der Waals surface area (Å²) in [4.78, 5) is 47.1. The van der Waals surface area contributed by atoms with Gasteiger partial charge in [0.2, 0.25) is 23.6 Å². The Morgan fingerprint density at radius 1 is 1.20 bits per heavy atom. The van der Waals surface area contributed by atoms with Gasteiger partial charge >= 0.3 is 0 Å². The molecule has 1 unspecified atom stereocenters. The highest BCUT2D eigenvalue weighted by molar-refractivity contribution is 8.00. The van der Waals surface area contributed by atoms with Crippen molar-refractivity contribution in [3.63, 3.8) is 0 Å². The van der Waals surface area contributed by atoms with Crippen molar-refractivity contribution >= 4 is 35.4 Å². The standard InChI is InChI=1S/C12H19N3O4S/c1-13-9(16)3-5-15-11(18)7-8(12(15)19)20-6-4-10(17)14-2/h8H,3-7H2,1-2H3,(H,13,16)(H,14,17). The molecule has 4 amide bonds. The molecule has 0 saturated carbocycles. The fraction of sp³-hybridized carbons (Fsp3) is 0.667. The van der Waals surface area contributed by atoms with Crippen LogP contribution in [-0.4, -0.2) is 60.2 Å². The highest BCUT2D eigenvalue weighted by Crippen LogP contribution is 2.25. The molecule has 1 aliphatic rings. The average molecular weight is 301 g/mol. The molecule has 7 nitrogen and oxygen atoms in total. The van der Waals surface area contributed by atoms with Crippen molar-refractivity contribution < 1.29 is 19.2 Å². The van der Waals surface area contributed by atoms with E-state index in [9.17, 15) is 19.2 Å². The lowest BCUT2D eigenvalue weighted by Crippen LogP contribution is -2.35. The first-order valence-corrected chi connectivity index (χ1v) is 7.41. The summed E-state index contributed by atoms with van der Waals surface area (Å²) in [6.07, 6.45) is 0.575. The number of nitrogens with one attached hydrogen (secondary N) is 2. The summed E-state index contributed by atoms with van der Waals surface area (Å²) in [7, 11) is 3.06. The molecule has 0 aromatic carbocycles. The zero-order valence-corrected chi connectivity index (χ0v) is 12.4. The van der Waals surface area contributed by atoms with Gasteiger partial charge in [0.1, 0.15) is 0 Å². The molecule has 0 aromatic rings. The maximum absolute atomic E-state index is 12.0. The number of imide groups is 1. The van der Waals surface area contributed by atoms with Gasteiger partial charge in [0.05, 0.1) is 5.25 Å². The number of rotatable bonds is 7. The Morgan fingerprint density at radius 3 is 2.40 bits per heavy atom. The van der Waals surface area contributed by atoms with Crippen LogP contribution in [0.15, 0.2) is 0 Å². The van der Waals surface area contributed by atoms with E-state index in [1.165, 1.54) is 18.8 Å². The number of nitrogens with zero attached hydrogens (tertiary/aromatic N) is 1. The van der Waals surface area contributed by atoms with Gasteiger partial charge in [-0.2, -0.15) is 0 Å². The SMILES string of the molecule is CNC(=O)CCSC1CC(=O)N(CCC(=O)NC)C1=O. The van der Waals surface area contributed by atoms with E-state index in [2.05, 4.69) is 10.6 Å². The third kappa shape index (κ3) is 4.52. The van der Waals surface area contributed by atoms with Crippen molar-refractivity contribution in [3.05, 3.63) is 0 Å². The number of hydrogen-bond acceptors (Lipinski definition) is 5. The van der Waals surface area contributed by atoms with Crippen molar-refractivity contribution in [2.24, 2.45) is 0 Å². The maximum atomic E-state index is 12.0. The lowest BCUT2D eigenvalue weighted by molar-refractivity contribution is -0.138. The van der Waals surface area contributed by atoms with E-state index in [0.717, 1.165) is 4.90 Å². The number of thioether (sulfide) groups is 1. The molecule has 1 atom stereocenters. The molecule has 112 valence electrons. The second kappa shape index (κ2) is 7.88. The van der Waals surface area contributed by atoms with Crippen LogP contribution in [0.2, 0.25) is 0 Å². The second-order valence-electron chi connectivity index (χ2n) is 4.29. The molecule has 0 aliphatic carbocycles. The predicted octanol–water partition coefficient (Wildman–Crippen LogP) is -0.881. The maximum Gasteiger partial charge on any atom is 0.242 e. The van der Waals surface area contributed by atoms with Gasteiger partial charge in [-0.3, -0.25) is 24.1 Å². The Bertz CT molecular complexity index is 414. The van der Waals surface area contributed by atoms with Crippen LogP contribution in [0.1, 0.15) is 19.3 Å². The van der Waals surface area contributed by atoms with E-state index in [1.807, 2.05) is 0 Å². The van der Waals surface area contributed by atoms with Gasteiger partial charge in [0.25, 0.3) is 0 Å². The normalized spacial score (nSPS) is 18.3. The largest absolute Gasteiger partial charge is 0.359 e. The fourth-order valence-corrected chi connectivity index (χ4v) is 2.89. The molecule has 1 fully saturated rings. The Balaban J connectivity index is 2.41. The van der Waals surface area contributed by atoms with Crippen LogP contribution in [0.5, 0.6) is 0 Å². The Labute approximate surface area is 121 Å². The predicted molar refractivity (Wildman–Crippen MR) is 75.0 cm³/mol. The number of hydrogen-bond donors (Lipinski definition) is 2. The summed E-state index contributed by atoms with van der Waals surface area (Å²) < 4.78 is 0. The number of amides is 4. The first-order chi connectivity index (χ1) is 9.49. The van der Waals surface area contributed by atoms with Crippen LogP contribution in [0.3, 0.4) is 0 Å². The van der Waals surface area contributed by atoms with Crippen molar-refractivity contribution in [2.75, 3.05) is 26.4 Å². The van der Waals surface area contributed by atoms with Gasteiger partial charge in [-0.1, -0.05) is 0 Å². The quantitative estimate of drug-likeness (QED) is 0.595. The van der Waals surface area contributed by atoms with E-state index >= 15 is 0 Å². The molecule has 1 heterocycles. The number of carbonyl (C=O) groups excluding carboxylic acids is 4. The molecule has 1 aliphatic heterocycles. The van der Waals surface area contributed by atoms with Crippen molar-refractivity contribution in [3.8, 4) is 0 Å². The first-order valence-electron chi connectivity index (χ1n) is 6.36. The van der Waals surface area contributed by atoms with Crippen molar-refractivity contribution in [1.82, 2.24) is 15.5 Å². The summed E-state index contributed by atoms with van der Waals surface area (Å²) in [6, 6.07) is 0. The van der Waals surface area contributed by atoms with Crippen LogP contribution in [0, 0.1) is 0 Å². The van der Waals surface area contributed by atoms with Gasteiger partial charge in [0.15, 0.2) is 0 Å². The molecule has 0 radical (unpaired) electrons. The zero-order chi connectivity index (χ0) is 15.1. The molecule has 2 N–H and O–H groups in total. The van der Waals surface area contributed by atoms with Gasteiger partial charge in [-0.25, -0.2) is 0 Å². The van der Waals surface area contributed by atoms with E-state index in [-0.39, 0.29) is 43.0 Å². The molecule has 1 saturated heterocycles. The third-order valence-corrected chi connectivity index (χ3v) is 4.18. The summed E-state index contributed by atoms with van der Waals surface area (Å²) in [5, 5.41) is 4.51. The monoisotopic (exact) mass is 301 g/mol. The van der Waals surface area contributed by atoms with Gasteiger partial charge in [0, 0.05) is 45.7 Å². The Hall–Kier alpha value is -1.57. The summed E-state index contributed by atoms with van der Waals surface area (Å²) >= 11 is 1.31. The molecular weight excluding hydrogens is 282 g/mol. The van der Waals surface area contributed by atoms with Crippen molar-refractivity contribution in [1.29, 1.82) is 0 Å². The molecule has 0 aromatic heterocycles. The van der Waals surface area contributed by atoms with Crippen LogP contribution in [-0.2, 0) is 19.2 Å². The molecular formula is C12H19N3O4S. The number of likely N-dealkylation sites (tertiary alicyclic amines) is 1. The topological polar surface area (TPSA) is 95.6 Å². The van der Waals surface area contributed by atoms with Crippen molar-refractivity contribution in [2.45, 2.75) is 24.5 Å². The van der Waals surface area contributed by atoms with Crippen LogP contribution in [0.4, 0.5) is 0 Å². The molecule has 20 heavy (non-hydrogen) atoms. The summed E-state index contributed by atoms with van der Waals surface area (Å²) in [6.45, 7) is 0.115. The molecule has 0 spiro atoms. The third-order valence-electron chi connectivity index (χ3n) is 2.97. The highest BCUT2D eigenvalue weighted by Gasteiger charge is 2.38. The van der Waals surface area contributed by atoms with E-state index in [0.29, 0.717) is 12.2 Å². The van der Waals surface area contributed by atoms with Gasteiger partial charge in [-0.15, -0.1) is 11.8 Å². The summed E-state index contributed by atoms with van der Waals surface area (Å²) in [5.74, 6) is -0.323.